The molecule has 0 aliphatic heterocycles. The third-order valence-corrected chi connectivity index (χ3v) is 3.21. The molecule has 0 fully saturated rings. The van der Waals surface area contributed by atoms with Crippen molar-refractivity contribution in [1.82, 2.24) is 4.90 Å². The van der Waals surface area contributed by atoms with E-state index >= 15 is 0 Å². The van der Waals surface area contributed by atoms with E-state index in [-0.39, 0.29) is 18.2 Å². The average Bonchev–Trinajstić information content (AvgIpc) is 2.15. The standard InChI is InChI=1S/C13H21BrN2O/c1-9(17)8-16(3)13(10(2)15)11-5-4-6-12(14)7-11/h4-7,9-10,13,17H,8,15H2,1-3H3. The highest BCUT2D eigenvalue weighted by molar-refractivity contribution is 9.10. The number of halogens is 1. The molecule has 4 heteroatoms. The zero-order valence-corrected chi connectivity index (χ0v) is 12.2. The molecule has 0 amide bonds. The van der Waals surface area contributed by atoms with E-state index in [1.165, 1.54) is 0 Å². The van der Waals surface area contributed by atoms with E-state index in [0.29, 0.717) is 6.54 Å². The van der Waals surface area contributed by atoms with E-state index < -0.39 is 0 Å². The number of hydrogen-bond donors (Lipinski definition) is 2. The van der Waals surface area contributed by atoms with Crippen LogP contribution >= 0.6 is 15.9 Å². The predicted molar refractivity (Wildman–Crippen MR) is 74.8 cm³/mol. The smallest absolute Gasteiger partial charge is 0.0639 e. The molecule has 1 aromatic carbocycles. The molecule has 0 saturated heterocycles. The van der Waals surface area contributed by atoms with Gasteiger partial charge in [-0.1, -0.05) is 28.1 Å². The normalized spacial score (nSPS) is 16.9. The van der Waals surface area contributed by atoms with Gasteiger partial charge in [-0.05, 0) is 38.6 Å². The van der Waals surface area contributed by atoms with Crippen molar-refractivity contribution < 1.29 is 5.11 Å². The summed E-state index contributed by atoms with van der Waals surface area (Å²) in [6, 6.07) is 8.26. The Kier molecular flexibility index (Phi) is 5.59. The maximum atomic E-state index is 9.46. The predicted octanol–water partition coefficient (Wildman–Crippen LogP) is 2.15. The van der Waals surface area contributed by atoms with Gasteiger partial charge in [-0.3, -0.25) is 4.90 Å². The monoisotopic (exact) mass is 300 g/mol. The maximum absolute atomic E-state index is 9.46. The first-order valence-corrected chi connectivity index (χ1v) is 6.60. The van der Waals surface area contributed by atoms with Crippen LogP contribution < -0.4 is 5.73 Å². The third-order valence-electron chi connectivity index (χ3n) is 2.72. The van der Waals surface area contributed by atoms with Gasteiger partial charge in [0.15, 0.2) is 0 Å². The Morgan fingerprint density at radius 1 is 1.41 bits per heavy atom. The molecule has 0 bridgehead atoms. The number of nitrogens with zero attached hydrogens (tertiary/aromatic N) is 1. The van der Waals surface area contributed by atoms with Crippen molar-refractivity contribution >= 4 is 15.9 Å². The summed E-state index contributed by atoms with van der Waals surface area (Å²) in [7, 11) is 1.99. The van der Waals surface area contributed by atoms with Crippen molar-refractivity contribution in [2.75, 3.05) is 13.6 Å². The van der Waals surface area contributed by atoms with Crippen LogP contribution in [0.1, 0.15) is 25.5 Å². The highest BCUT2D eigenvalue weighted by Crippen LogP contribution is 2.25. The molecule has 1 rings (SSSR count). The first-order valence-electron chi connectivity index (χ1n) is 5.81. The lowest BCUT2D eigenvalue weighted by Crippen LogP contribution is -2.40. The lowest BCUT2D eigenvalue weighted by Gasteiger charge is -2.32. The fourth-order valence-electron chi connectivity index (χ4n) is 2.18. The van der Waals surface area contributed by atoms with Crippen molar-refractivity contribution in [2.24, 2.45) is 5.73 Å². The molecule has 0 spiro atoms. The molecule has 0 radical (unpaired) electrons. The minimum absolute atomic E-state index is 0.00745. The summed E-state index contributed by atoms with van der Waals surface area (Å²) in [6.07, 6.45) is -0.353. The molecule has 96 valence electrons. The van der Waals surface area contributed by atoms with E-state index in [4.69, 9.17) is 5.73 Å². The number of rotatable bonds is 5. The molecule has 3 N–H and O–H groups in total. The van der Waals surface area contributed by atoms with E-state index in [1.807, 2.05) is 26.1 Å². The molecule has 17 heavy (non-hydrogen) atoms. The van der Waals surface area contributed by atoms with Crippen molar-refractivity contribution in [3.63, 3.8) is 0 Å². The van der Waals surface area contributed by atoms with Crippen LogP contribution in [-0.2, 0) is 0 Å². The Bertz CT molecular complexity index is 355. The molecular weight excluding hydrogens is 280 g/mol. The van der Waals surface area contributed by atoms with Crippen molar-refractivity contribution in [2.45, 2.75) is 32.0 Å². The fourth-order valence-corrected chi connectivity index (χ4v) is 2.60. The Morgan fingerprint density at radius 3 is 2.53 bits per heavy atom. The van der Waals surface area contributed by atoms with Crippen LogP contribution in [0, 0.1) is 0 Å². The molecule has 0 saturated carbocycles. The molecule has 0 aliphatic carbocycles. The lowest BCUT2D eigenvalue weighted by atomic mass is 9.99. The Morgan fingerprint density at radius 2 is 2.06 bits per heavy atom. The second kappa shape index (κ2) is 6.50. The van der Waals surface area contributed by atoms with Gasteiger partial charge in [0.05, 0.1) is 6.10 Å². The van der Waals surface area contributed by atoms with Gasteiger partial charge in [-0.15, -0.1) is 0 Å². The van der Waals surface area contributed by atoms with Gasteiger partial charge in [0, 0.05) is 23.1 Å². The summed E-state index contributed by atoms with van der Waals surface area (Å²) in [6.45, 7) is 4.39. The first-order chi connectivity index (χ1) is 7.91. The zero-order valence-electron chi connectivity index (χ0n) is 10.6. The molecular formula is C13H21BrN2O. The maximum Gasteiger partial charge on any atom is 0.0639 e. The number of hydrogen-bond acceptors (Lipinski definition) is 3. The Labute approximate surface area is 112 Å². The molecule has 0 aliphatic rings. The van der Waals surface area contributed by atoms with E-state index in [9.17, 15) is 5.11 Å². The van der Waals surface area contributed by atoms with Crippen LogP contribution in [0.4, 0.5) is 0 Å². The van der Waals surface area contributed by atoms with Gasteiger partial charge in [0.2, 0.25) is 0 Å². The minimum atomic E-state index is -0.353. The number of nitrogens with two attached hydrogens (primary N) is 1. The number of aliphatic hydroxyl groups is 1. The van der Waals surface area contributed by atoms with Gasteiger partial charge in [0.1, 0.15) is 0 Å². The van der Waals surface area contributed by atoms with Gasteiger partial charge in [-0.2, -0.15) is 0 Å². The molecule has 3 unspecified atom stereocenters. The highest BCUT2D eigenvalue weighted by Gasteiger charge is 2.22. The van der Waals surface area contributed by atoms with Crippen LogP contribution in [0.3, 0.4) is 0 Å². The average molecular weight is 301 g/mol. The SMILES string of the molecule is CC(O)CN(C)C(c1cccc(Br)c1)C(C)N. The minimum Gasteiger partial charge on any atom is -0.392 e. The summed E-state index contributed by atoms with van der Waals surface area (Å²) in [5.74, 6) is 0. The number of benzene rings is 1. The third kappa shape index (κ3) is 4.39. The molecule has 1 aromatic rings. The first kappa shape index (κ1) is 14.6. The summed E-state index contributed by atoms with van der Waals surface area (Å²) in [5.41, 5.74) is 7.22. The molecule has 3 nitrogen and oxygen atoms in total. The fraction of sp³-hybridized carbons (Fsp3) is 0.538. The Hall–Kier alpha value is -0.420. The van der Waals surface area contributed by atoms with Crippen LogP contribution in [0.15, 0.2) is 28.7 Å². The van der Waals surface area contributed by atoms with E-state index in [2.05, 4.69) is 33.0 Å². The van der Waals surface area contributed by atoms with Crippen molar-refractivity contribution in [1.29, 1.82) is 0 Å². The molecule has 0 heterocycles. The topological polar surface area (TPSA) is 49.5 Å². The second-order valence-electron chi connectivity index (χ2n) is 4.65. The lowest BCUT2D eigenvalue weighted by molar-refractivity contribution is 0.110. The second-order valence-corrected chi connectivity index (χ2v) is 5.56. The van der Waals surface area contributed by atoms with E-state index in [1.54, 1.807) is 6.92 Å². The summed E-state index contributed by atoms with van der Waals surface area (Å²) >= 11 is 3.47. The molecule has 3 atom stereocenters. The molecule has 0 aromatic heterocycles. The van der Waals surface area contributed by atoms with Crippen LogP contribution in [0.2, 0.25) is 0 Å². The summed E-state index contributed by atoms with van der Waals surface area (Å²) in [4.78, 5) is 2.09. The van der Waals surface area contributed by atoms with Crippen LogP contribution in [0.5, 0.6) is 0 Å². The van der Waals surface area contributed by atoms with Crippen LogP contribution in [0.25, 0.3) is 0 Å². The quantitative estimate of drug-likeness (QED) is 0.876. The Balaban J connectivity index is 2.93. The number of likely N-dealkylation sites (N-methyl/N-ethyl adjacent to an activating group) is 1. The van der Waals surface area contributed by atoms with Gasteiger partial charge >= 0.3 is 0 Å². The van der Waals surface area contributed by atoms with Crippen molar-refractivity contribution in [3.8, 4) is 0 Å². The zero-order chi connectivity index (χ0) is 13.0. The summed E-state index contributed by atoms with van der Waals surface area (Å²) < 4.78 is 1.05. The van der Waals surface area contributed by atoms with Gasteiger partial charge < -0.3 is 10.8 Å². The van der Waals surface area contributed by atoms with Crippen LogP contribution in [-0.4, -0.2) is 35.7 Å². The largest absolute Gasteiger partial charge is 0.392 e. The van der Waals surface area contributed by atoms with Crippen molar-refractivity contribution in [3.05, 3.63) is 34.3 Å². The summed E-state index contributed by atoms with van der Waals surface area (Å²) in [5, 5.41) is 9.46. The highest BCUT2D eigenvalue weighted by atomic mass is 79.9. The van der Waals surface area contributed by atoms with E-state index in [0.717, 1.165) is 10.0 Å². The number of aliphatic hydroxyl groups excluding tert-OH is 1. The van der Waals surface area contributed by atoms with Gasteiger partial charge in [-0.25, -0.2) is 0 Å². The van der Waals surface area contributed by atoms with Gasteiger partial charge in [0.25, 0.3) is 0 Å².